The van der Waals surface area contributed by atoms with Crippen LogP contribution >= 0.6 is 34.8 Å². The van der Waals surface area contributed by atoms with E-state index in [9.17, 15) is 0 Å². The largest absolute Gasteiger partial charge is 0.489 e. The van der Waals surface area contributed by atoms with Crippen molar-refractivity contribution in [2.24, 2.45) is 0 Å². The second-order valence-electron chi connectivity index (χ2n) is 5.41. The second-order valence-corrected chi connectivity index (χ2v) is 7.06. The maximum atomic E-state index is 6.07. The molecule has 0 aliphatic heterocycles. The van der Waals surface area contributed by atoms with Gasteiger partial charge in [-0.2, -0.15) is 0 Å². The lowest BCUT2D eigenvalue weighted by Gasteiger charge is -2.16. The molecule has 0 radical (unpaired) electrons. The number of halogens is 1. The molecule has 0 fully saturated rings. The third kappa shape index (κ3) is 4.91. The van der Waals surface area contributed by atoms with Gasteiger partial charge in [0, 0.05) is 14.8 Å². The van der Waals surface area contributed by atoms with Gasteiger partial charge in [-0.15, -0.1) is 0 Å². The number of rotatable bonds is 6. The highest BCUT2D eigenvalue weighted by molar-refractivity contribution is 14.1. The van der Waals surface area contributed by atoms with E-state index in [1.54, 1.807) is 0 Å². The Morgan fingerprint density at radius 1 is 1.22 bits per heavy atom. The molecular formula is C19H22INOS. The average Bonchev–Trinajstić information content (AvgIpc) is 2.55. The van der Waals surface area contributed by atoms with E-state index in [0.717, 1.165) is 34.8 Å². The monoisotopic (exact) mass is 439 g/mol. The maximum absolute atomic E-state index is 6.07. The fourth-order valence-corrected chi connectivity index (χ4v) is 3.07. The Hall–Kier alpha value is -1.14. The van der Waals surface area contributed by atoms with Crippen molar-refractivity contribution in [3.8, 4) is 5.75 Å². The lowest BCUT2D eigenvalue weighted by molar-refractivity contribution is 0.304. The summed E-state index contributed by atoms with van der Waals surface area (Å²) in [5, 5.41) is 3.32. The van der Waals surface area contributed by atoms with Gasteiger partial charge in [0.05, 0.1) is 4.99 Å². The first-order valence-corrected chi connectivity index (χ1v) is 9.33. The first-order chi connectivity index (χ1) is 11.0. The molecule has 0 saturated heterocycles. The van der Waals surface area contributed by atoms with Gasteiger partial charge in [-0.25, -0.2) is 0 Å². The number of aryl methyl sites for hydroxylation is 2. The van der Waals surface area contributed by atoms with Gasteiger partial charge in [0.1, 0.15) is 12.4 Å². The zero-order valence-corrected chi connectivity index (χ0v) is 16.8. The Labute approximate surface area is 157 Å². The van der Waals surface area contributed by atoms with Crippen LogP contribution in [0.3, 0.4) is 0 Å². The normalized spacial score (nSPS) is 10.4. The van der Waals surface area contributed by atoms with Crippen LogP contribution in [-0.4, -0.2) is 4.99 Å². The molecule has 1 N–H and O–H groups in total. The Morgan fingerprint density at radius 2 is 2.00 bits per heavy atom. The fourth-order valence-electron chi connectivity index (χ4n) is 2.30. The summed E-state index contributed by atoms with van der Waals surface area (Å²) in [4.78, 5) is 0.844. The molecule has 2 aromatic rings. The molecule has 2 rings (SSSR count). The predicted octanol–water partition coefficient (Wildman–Crippen LogP) is 5.89. The zero-order chi connectivity index (χ0) is 16.8. The van der Waals surface area contributed by atoms with Crippen LogP contribution in [0.1, 0.15) is 37.0 Å². The van der Waals surface area contributed by atoms with E-state index in [1.807, 2.05) is 6.07 Å². The summed E-state index contributed by atoms with van der Waals surface area (Å²) in [6.07, 6.45) is 1.87. The number of nitrogens with one attached hydrogen (secondary N) is 1. The predicted molar refractivity (Wildman–Crippen MR) is 111 cm³/mol. The summed E-state index contributed by atoms with van der Waals surface area (Å²) in [6, 6.07) is 12.6. The summed E-state index contributed by atoms with van der Waals surface area (Å²) in [6.45, 7) is 6.84. The number of anilines is 1. The van der Waals surface area contributed by atoms with Crippen molar-refractivity contribution in [3.05, 3.63) is 56.7 Å². The summed E-state index contributed by atoms with van der Waals surface area (Å²) < 4.78 is 7.25. The van der Waals surface area contributed by atoms with Crippen LogP contribution in [0.5, 0.6) is 5.75 Å². The molecule has 0 spiro atoms. The van der Waals surface area contributed by atoms with E-state index < -0.39 is 0 Å². The first kappa shape index (κ1) is 18.2. The molecule has 0 heterocycles. The molecule has 0 aliphatic carbocycles. The van der Waals surface area contributed by atoms with Crippen LogP contribution < -0.4 is 10.1 Å². The summed E-state index contributed by atoms with van der Waals surface area (Å²) in [5.74, 6) is 0.936. The molecule has 0 unspecified atom stereocenters. The molecular weight excluding hydrogens is 417 g/mol. The number of ether oxygens (including phenoxy) is 1. The highest BCUT2D eigenvalue weighted by Gasteiger charge is 2.10. The first-order valence-electron chi connectivity index (χ1n) is 7.84. The van der Waals surface area contributed by atoms with Gasteiger partial charge < -0.3 is 10.1 Å². The quantitative estimate of drug-likeness (QED) is 0.448. The molecule has 0 aromatic heterocycles. The molecule has 0 aliphatic rings. The molecule has 2 nitrogen and oxygen atoms in total. The van der Waals surface area contributed by atoms with Crippen LogP contribution in [0.25, 0.3) is 0 Å². The van der Waals surface area contributed by atoms with E-state index in [0.29, 0.717) is 6.61 Å². The molecule has 0 amide bonds. The van der Waals surface area contributed by atoms with E-state index in [2.05, 4.69) is 79.0 Å². The Kier molecular flexibility index (Phi) is 6.84. The smallest absolute Gasteiger partial charge is 0.122 e. The van der Waals surface area contributed by atoms with Crippen LogP contribution in [-0.2, 0) is 13.0 Å². The Bertz CT molecular complexity index is 700. The number of hydrogen-bond donors (Lipinski definition) is 1. The molecule has 0 saturated carbocycles. The molecule has 4 heteroatoms. The van der Waals surface area contributed by atoms with Crippen molar-refractivity contribution in [1.82, 2.24) is 0 Å². The third-order valence-electron chi connectivity index (χ3n) is 3.73. The van der Waals surface area contributed by atoms with Crippen molar-refractivity contribution in [3.63, 3.8) is 0 Å². The van der Waals surface area contributed by atoms with Crippen molar-refractivity contribution in [2.45, 2.75) is 40.2 Å². The van der Waals surface area contributed by atoms with Gasteiger partial charge in [-0.1, -0.05) is 44.3 Å². The Balaban J connectivity index is 2.18. The maximum Gasteiger partial charge on any atom is 0.122 e. The minimum atomic E-state index is 0.528. The van der Waals surface area contributed by atoms with E-state index >= 15 is 0 Å². The summed E-state index contributed by atoms with van der Waals surface area (Å²) >= 11 is 7.66. The lowest BCUT2D eigenvalue weighted by atomic mass is 10.1. The van der Waals surface area contributed by atoms with Gasteiger partial charge in [-0.3, -0.25) is 0 Å². The van der Waals surface area contributed by atoms with Crippen molar-refractivity contribution in [1.29, 1.82) is 0 Å². The SMILES string of the molecule is CCC(=S)Nc1cccc(I)c1COc1ccc(CC)cc1C. The topological polar surface area (TPSA) is 21.3 Å². The van der Waals surface area contributed by atoms with Crippen LogP contribution in [0, 0.1) is 10.5 Å². The number of benzene rings is 2. The number of thiocarbonyl (C=S) groups is 1. The molecule has 0 atom stereocenters. The third-order valence-corrected chi connectivity index (χ3v) is 5.14. The van der Waals surface area contributed by atoms with Gasteiger partial charge in [-0.05, 0) is 71.7 Å². The van der Waals surface area contributed by atoms with Crippen LogP contribution in [0.15, 0.2) is 36.4 Å². The van der Waals surface area contributed by atoms with Crippen molar-refractivity contribution in [2.75, 3.05) is 5.32 Å². The molecule has 2 aromatic carbocycles. The lowest BCUT2D eigenvalue weighted by Crippen LogP contribution is -2.11. The fraction of sp³-hybridized carbons (Fsp3) is 0.316. The highest BCUT2D eigenvalue weighted by Crippen LogP contribution is 2.26. The number of hydrogen-bond acceptors (Lipinski definition) is 2. The van der Waals surface area contributed by atoms with E-state index in [1.165, 1.54) is 14.7 Å². The highest BCUT2D eigenvalue weighted by atomic mass is 127. The second kappa shape index (κ2) is 8.64. The minimum absolute atomic E-state index is 0.528. The van der Waals surface area contributed by atoms with Crippen molar-refractivity contribution < 1.29 is 4.74 Å². The standard InChI is InChI=1S/C19H22INOS/c1-4-14-9-10-18(13(3)11-14)22-12-15-16(20)7-6-8-17(15)21-19(23)5-2/h6-11H,4-5,12H2,1-3H3,(H,21,23). The van der Waals surface area contributed by atoms with Gasteiger partial charge in [0.2, 0.25) is 0 Å². The molecule has 0 bridgehead atoms. The van der Waals surface area contributed by atoms with Crippen molar-refractivity contribution >= 4 is 45.5 Å². The van der Waals surface area contributed by atoms with E-state index in [4.69, 9.17) is 17.0 Å². The zero-order valence-electron chi connectivity index (χ0n) is 13.8. The average molecular weight is 439 g/mol. The van der Waals surface area contributed by atoms with Gasteiger partial charge in [0.15, 0.2) is 0 Å². The van der Waals surface area contributed by atoms with Crippen LogP contribution in [0.2, 0.25) is 0 Å². The van der Waals surface area contributed by atoms with E-state index in [-0.39, 0.29) is 0 Å². The summed E-state index contributed by atoms with van der Waals surface area (Å²) in [7, 11) is 0. The van der Waals surface area contributed by atoms with Gasteiger partial charge in [0.25, 0.3) is 0 Å². The minimum Gasteiger partial charge on any atom is -0.489 e. The van der Waals surface area contributed by atoms with Crippen LogP contribution in [0.4, 0.5) is 5.69 Å². The summed E-state index contributed by atoms with van der Waals surface area (Å²) in [5.41, 5.74) is 4.68. The van der Waals surface area contributed by atoms with Gasteiger partial charge >= 0.3 is 0 Å². The molecule has 122 valence electrons. The molecule has 23 heavy (non-hydrogen) atoms. The Morgan fingerprint density at radius 3 is 2.65 bits per heavy atom.